The second-order valence-corrected chi connectivity index (χ2v) is 7.76. The zero-order valence-electron chi connectivity index (χ0n) is 20.6. The molecule has 188 valence electrons. The lowest BCUT2D eigenvalue weighted by Crippen LogP contribution is -2.46. The van der Waals surface area contributed by atoms with Crippen LogP contribution >= 0.6 is 0 Å². The third-order valence-electron chi connectivity index (χ3n) is 5.36. The molecule has 1 saturated heterocycles. The van der Waals surface area contributed by atoms with Gasteiger partial charge in [-0.2, -0.15) is 0 Å². The molecule has 0 bridgehead atoms. The average Bonchev–Trinajstić information content (AvgIpc) is 2.82. The van der Waals surface area contributed by atoms with Crippen LogP contribution in [0.25, 0.3) is 0 Å². The van der Waals surface area contributed by atoms with Gasteiger partial charge in [-0.05, 0) is 52.6 Å². The summed E-state index contributed by atoms with van der Waals surface area (Å²) < 4.78 is 16.1. The monoisotopic (exact) mass is 466 g/mol. The quantitative estimate of drug-likeness (QED) is 0.115. The predicted octanol–water partition coefficient (Wildman–Crippen LogP) is 2.40. The highest BCUT2D eigenvalue weighted by atomic mass is 16.5. The minimum Gasteiger partial charge on any atom is -0.465 e. The second kappa shape index (κ2) is 17.2. The zero-order chi connectivity index (χ0) is 24.5. The third-order valence-corrected chi connectivity index (χ3v) is 5.36. The van der Waals surface area contributed by atoms with Crippen LogP contribution in [-0.2, 0) is 19.0 Å². The first-order valence-corrected chi connectivity index (χ1v) is 11.7. The summed E-state index contributed by atoms with van der Waals surface area (Å²) in [7, 11) is 1.61. The van der Waals surface area contributed by atoms with Gasteiger partial charge >= 0.3 is 5.97 Å². The van der Waals surface area contributed by atoms with Crippen LogP contribution in [0.4, 0.5) is 0 Å². The molecule has 2 N–H and O–H groups in total. The number of carbonyl (C=O) groups is 1. The Balaban J connectivity index is 2.85. The normalized spacial score (nSPS) is 17.9. The number of carbonyl (C=O) groups excluding carboxylic acids is 1. The van der Waals surface area contributed by atoms with Crippen molar-refractivity contribution < 1.29 is 19.0 Å². The minimum atomic E-state index is -0.178. The van der Waals surface area contributed by atoms with Gasteiger partial charge in [0.05, 0.1) is 6.61 Å². The number of rotatable bonds is 17. The van der Waals surface area contributed by atoms with Crippen molar-refractivity contribution in [1.29, 1.82) is 0 Å². The summed E-state index contributed by atoms with van der Waals surface area (Å²) in [4.78, 5) is 28.9. The van der Waals surface area contributed by atoms with Crippen LogP contribution in [0.5, 0.6) is 0 Å². The number of nitrogens with zero attached hydrogens (tertiary/aromatic N) is 5. The maximum absolute atomic E-state index is 12.3. The summed E-state index contributed by atoms with van der Waals surface area (Å²) in [5, 5.41) is 0. The molecule has 0 aromatic heterocycles. The van der Waals surface area contributed by atoms with E-state index in [9.17, 15) is 4.79 Å². The molecule has 1 atom stereocenters. The van der Waals surface area contributed by atoms with Crippen LogP contribution < -0.4 is 5.73 Å². The van der Waals surface area contributed by atoms with Crippen molar-refractivity contribution in [1.82, 2.24) is 9.80 Å². The maximum Gasteiger partial charge on any atom is 0.323 e. The molecule has 0 amide bonds. The van der Waals surface area contributed by atoms with Crippen molar-refractivity contribution in [2.45, 2.75) is 58.4 Å². The largest absolute Gasteiger partial charge is 0.465 e. The van der Waals surface area contributed by atoms with E-state index >= 15 is 0 Å². The Kier molecular flexibility index (Phi) is 15.0. The van der Waals surface area contributed by atoms with E-state index in [1.165, 1.54) is 0 Å². The van der Waals surface area contributed by atoms with Gasteiger partial charge in [0.25, 0.3) is 0 Å². The van der Waals surface area contributed by atoms with Gasteiger partial charge in [-0.1, -0.05) is 19.8 Å². The summed E-state index contributed by atoms with van der Waals surface area (Å²) in [5.74, 6) is 0.494. The number of likely N-dealkylation sites (tertiary alicyclic amines) is 1. The smallest absolute Gasteiger partial charge is 0.323 e. The topological polar surface area (TPSA) is 114 Å². The standard InChI is InChI=1S/C23H42N6O4/c1-6-8-16-32-17-27-21(24)20(25-3)22(26-4)29(18-31-5)15-11-14-28-13-10-9-12-19(28)23(30)33-7-2/h19H,3-4,6-18H2,1-2,5H3,(H2,24,27)/b22-20-. The summed E-state index contributed by atoms with van der Waals surface area (Å²) >= 11 is 0. The molecule has 0 radical (unpaired) electrons. The number of hydrogen-bond donors (Lipinski definition) is 1. The molecule has 0 aromatic carbocycles. The van der Waals surface area contributed by atoms with Gasteiger partial charge in [0, 0.05) is 26.8 Å². The third kappa shape index (κ3) is 10.0. The zero-order valence-corrected chi connectivity index (χ0v) is 20.6. The fourth-order valence-corrected chi connectivity index (χ4v) is 3.71. The van der Waals surface area contributed by atoms with E-state index in [-0.39, 0.29) is 31.3 Å². The Labute approximate surface area is 198 Å². The molecule has 1 unspecified atom stereocenters. The van der Waals surface area contributed by atoms with Crippen molar-refractivity contribution in [2.24, 2.45) is 20.7 Å². The molecule has 0 saturated carbocycles. The van der Waals surface area contributed by atoms with Crippen LogP contribution in [0.1, 0.15) is 52.4 Å². The van der Waals surface area contributed by atoms with Crippen LogP contribution in [0.2, 0.25) is 0 Å². The van der Waals surface area contributed by atoms with Crippen molar-refractivity contribution in [3.63, 3.8) is 0 Å². The first-order valence-electron chi connectivity index (χ1n) is 11.7. The molecule has 10 nitrogen and oxygen atoms in total. The summed E-state index contributed by atoms with van der Waals surface area (Å²) in [6, 6.07) is -0.178. The van der Waals surface area contributed by atoms with Crippen LogP contribution in [-0.4, -0.2) is 94.5 Å². The summed E-state index contributed by atoms with van der Waals surface area (Å²) in [6.45, 7) is 14.9. The molecular weight excluding hydrogens is 424 g/mol. The molecule has 0 aromatic rings. The fourth-order valence-electron chi connectivity index (χ4n) is 3.71. The number of amidine groups is 1. The Hall–Kier alpha value is -2.30. The molecule has 0 spiro atoms. The summed E-state index contributed by atoms with van der Waals surface area (Å²) in [6.07, 6.45) is 5.74. The molecule has 10 heteroatoms. The number of piperidine rings is 1. The van der Waals surface area contributed by atoms with Crippen LogP contribution in [0.3, 0.4) is 0 Å². The Morgan fingerprint density at radius 3 is 2.64 bits per heavy atom. The van der Waals surface area contributed by atoms with E-state index in [0.29, 0.717) is 31.3 Å². The molecular formula is C23H42N6O4. The molecule has 0 aliphatic carbocycles. The number of methoxy groups -OCH3 is 1. The Bertz CT molecular complexity index is 667. The van der Waals surface area contributed by atoms with Crippen LogP contribution in [0.15, 0.2) is 26.5 Å². The number of ether oxygens (including phenoxy) is 3. The van der Waals surface area contributed by atoms with Crippen molar-refractivity contribution in [3.8, 4) is 0 Å². The molecule has 1 aliphatic heterocycles. The van der Waals surface area contributed by atoms with Gasteiger partial charge < -0.3 is 24.8 Å². The second-order valence-electron chi connectivity index (χ2n) is 7.76. The average molecular weight is 467 g/mol. The van der Waals surface area contributed by atoms with Crippen molar-refractivity contribution >= 4 is 25.2 Å². The maximum atomic E-state index is 12.3. The van der Waals surface area contributed by atoms with Gasteiger partial charge in [-0.3, -0.25) is 14.7 Å². The lowest BCUT2D eigenvalue weighted by atomic mass is 10.0. The Morgan fingerprint density at radius 1 is 1.21 bits per heavy atom. The molecule has 1 rings (SSSR count). The van der Waals surface area contributed by atoms with E-state index < -0.39 is 0 Å². The number of aliphatic imine (C=N–C) groups is 3. The molecule has 33 heavy (non-hydrogen) atoms. The highest BCUT2D eigenvalue weighted by molar-refractivity contribution is 5.97. The highest BCUT2D eigenvalue weighted by Gasteiger charge is 2.29. The van der Waals surface area contributed by atoms with Gasteiger partial charge in [-0.25, -0.2) is 9.98 Å². The van der Waals surface area contributed by atoms with E-state index in [0.717, 1.165) is 51.6 Å². The minimum absolute atomic E-state index is 0.137. The highest BCUT2D eigenvalue weighted by Crippen LogP contribution is 2.20. The number of nitrogens with two attached hydrogens (primary N) is 1. The van der Waals surface area contributed by atoms with Crippen molar-refractivity contribution in [3.05, 3.63) is 11.5 Å². The SMILES string of the molecule is C=NC(=C(/N=C)N(CCCN1CCCCC1C(=O)OCC)COC)/C(N)=N\COCCCC. The van der Waals surface area contributed by atoms with Crippen molar-refractivity contribution in [2.75, 3.05) is 53.4 Å². The lowest BCUT2D eigenvalue weighted by molar-refractivity contribution is -0.150. The first-order chi connectivity index (χ1) is 16.0. The van der Waals surface area contributed by atoms with Gasteiger partial charge in [0.15, 0.2) is 11.7 Å². The van der Waals surface area contributed by atoms with E-state index in [1.807, 2.05) is 11.8 Å². The lowest BCUT2D eigenvalue weighted by Gasteiger charge is -2.34. The Morgan fingerprint density at radius 2 is 2.00 bits per heavy atom. The number of esters is 1. The van der Waals surface area contributed by atoms with Gasteiger partial charge in [0.1, 0.15) is 25.2 Å². The van der Waals surface area contributed by atoms with Gasteiger partial charge in [-0.15, -0.1) is 0 Å². The van der Waals surface area contributed by atoms with E-state index in [4.69, 9.17) is 19.9 Å². The predicted molar refractivity (Wildman–Crippen MR) is 133 cm³/mol. The number of hydrogen-bond acceptors (Lipinski definition) is 9. The molecule has 1 heterocycles. The molecule has 1 aliphatic rings. The fraction of sp³-hybridized carbons (Fsp3) is 0.739. The van der Waals surface area contributed by atoms with E-state index in [2.05, 4.69) is 40.2 Å². The molecule has 1 fully saturated rings. The van der Waals surface area contributed by atoms with E-state index in [1.54, 1.807) is 7.11 Å². The van der Waals surface area contributed by atoms with Crippen LogP contribution in [0, 0.1) is 0 Å². The first kappa shape index (κ1) is 28.7. The number of unbranched alkanes of at least 4 members (excludes halogenated alkanes) is 1. The summed E-state index contributed by atoms with van der Waals surface area (Å²) in [5.41, 5.74) is 6.48. The van der Waals surface area contributed by atoms with Gasteiger partial charge in [0.2, 0.25) is 0 Å².